The molecule has 7 heteroatoms. The number of aromatic nitrogens is 3. The van der Waals surface area contributed by atoms with Gasteiger partial charge >= 0.3 is 5.69 Å². The van der Waals surface area contributed by atoms with E-state index >= 15 is 0 Å². The molecule has 142 valence electrons. The summed E-state index contributed by atoms with van der Waals surface area (Å²) >= 11 is 1.30. The number of hydrogen-bond donors (Lipinski definition) is 2. The summed E-state index contributed by atoms with van der Waals surface area (Å²) in [6.45, 7) is 8.80. The zero-order valence-electron chi connectivity index (χ0n) is 15.9. The molecule has 0 aliphatic heterocycles. The molecule has 2 unspecified atom stereocenters. The zero-order chi connectivity index (χ0) is 19.1. The largest absolute Gasteiger partial charge is 0.343 e. The average molecular weight is 377 g/mol. The van der Waals surface area contributed by atoms with Crippen molar-refractivity contribution in [2.24, 2.45) is 0 Å². The Bertz CT molecular complexity index is 784. The summed E-state index contributed by atoms with van der Waals surface area (Å²) in [5.41, 5.74) is 1.76. The fraction of sp³-hybridized carbons (Fsp3) is 0.526. The van der Waals surface area contributed by atoms with Gasteiger partial charge in [0, 0.05) is 12.2 Å². The molecule has 1 heterocycles. The number of nitrogens with one attached hydrogen (secondary N) is 2. The van der Waals surface area contributed by atoms with Crippen molar-refractivity contribution in [3.63, 3.8) is 0 Å². The van der Waals surface area contributed by atoms with Crippen LogP contribution in [0.1, 0.15) is 58.4 Å². The molecule has 1 aromatic carbocycles. The van der Waals surface area contributed by atoms with Gasteiger partial charge in [0.15, 0.2) is 5.16 Å². The number of carbonyl (C=O) groups is 1. The molecule has 0 saturated heterocycles. The molecule has 0 bridgehead atoms. The van der Waals surface area contributed by atoms with Crippen molar-refractivity contribution in [1.29, 1.82) is 0 Å². The minimum Gasteiger partial charge on any atom is -0.325 e. The van der Waals surface area contributed by atoms with Gasteiger partial charge in [-0.1, -0.05) is 57.2 Å². The van der Waals surface area contributed by atoms with Crippen LogP contribution in [0.15, 0.2) is 34.2 Å². The van der Waals surface area contributed by atoms with E-state index in [0.717, 1.165) is 30.5 Å². The topological polar surface area (TPSA) is 79.8 Å². The summed E-state index contributed by atoms with van der Waals surface area (Å²) in [5, 5.41) is 9.76. The predicted octanol–water partition coefficient (Wildman–Crippen LogP) is 4.00. The first-order chi connectivity index (χ1) is 12.5. The van der Waals surface area contributed by atoms with Crippen molar-refractivity contribution in [2.45, 2.75) is 69.8 Å². The Kier molecular flexibility index (Phi) is 7.50. The second-order valence-electron chi connectivity index (χ2n) is 6.46. The van der Waals surface area contributed by atoms with Gasteiger partial charge in [-0.25, -0.2) is 9.89 Å². The Morgan fingerprint density at radius 2 is 2.04 bits per heavy atom. The number of para-hydroxylation sites is 1. The van der Waals surface area contributed by atoms with Crippen LogP contribution in [0.2, 0.25) is 0 Å². The molecule has 2 rings (SSSR count). The number of H-pyrrole nitrogens is 1. The molecule has 0 aliphatic carbocycles. The van der Waals surface area contributed by atoms with E-state index in [0.29, 0.717) is 17.6 Å². The number of hydrogen-bond acceptors (Lipinski definition) is 4. The van der Waals surface area contributed by atoms with Crippen LogP contribution in [0.5, 0.6) is 0 Å². The molecular weight excluding hydrogens is 348 g/mol. The monoisotopic (exact) mass is 376 g/mol. The Morgan fingerprint density at radius 1 is 1.31 bits per heavy atom. The molecule has 0 radical (unpaired) electrons. The highest BCUT2D eigenvalue weighted by molar-refractivity contribution is 8.00. The maximum atomic E-state index is 12.7. The van der Waals surface area contributed by atoms with E-state index < -0.39 is 0 Å². The lowest BCUT2D eigenvalue weighted by atomic mass is 9.97. The molecule has 6 nitrogen and oxygen atoms in total. The van der Waals surface area contributed by atoms with E-state index in [4.69, 9.17) is 0 Å². The van der Waals surface area contributed by atoms with Crippen LogP contribution in [-0.2, 0) is 11.3 Å². The summed E-state index contributed by atoms with van der Waals surface area (Å²) in [6.07, 6.45) is 2.90. The quantitative estimate of drug-likeness (QED) is 0.648. The summed E-state index contributed by atoms with van der Waals surface area (Å²) in [5.74, 6) is 0.281. The highest BCUT2D eigenvalue weighted by atomic mass is 32.2. The molecule has 1 aromatic heterocycles. The number of thioether (sulfide) groups is 1. The molecule has 2 atom stereocenters. The third-order valence-electron chi connectivity index (χ3n) is 4.47. The average Bonchev–Trinajstić information content (AvgIpc) is 2.99. The highest BCUT2D eigenvalue weighted by Gasteiger charge is 2.20. The van der Waals surface area contributed by atoms with Crippen LogP contribution in [-0.4, -0.2) is 25.9 Å². The lowest BCUT2D eigenvalue weighted by molar-refractivity contribution is -0.115. The normalized spacial score (nSPS) is 13.4. The van der Waals surface area contributed by atoms with Gasteiger partial charge in [0.1, 0.15) is 0 Å². The van der Waals surface area contributed by atoms with E-state index in [9.17, 15) is 9.59 Å². The number of carbonyl (C=O) groups excluding carboxylic acids is 1. The lowest BCUT2D eigenvalue weighted by Crippen LogP contribution is -2.24. The molecule has 2 N–H and O–H groups in total. The van der Waals surface area contributed by atoms with Crippen LogP contribution in [0.25, 0.3) is 0 Å². The minimum atomic E-state index is -0.365. The van der Waals surface area contributed by atoms with Gasteiger partial charge in [0.2, 0.25) is 5.91 Å². The molecule has 0 fully saturated rings. The summed E-state index contributed by atoms with van der Waals surface area (Å²) in [4.78, 5) is 24.5. The maximum absolute atomic E-state index is 12.7. The van der Waals surface area contributed by atoms with Crippen molar-refractivity contribution in [1.82, 2.24) is 14.8 Å². The van der Waals surface area contributed by atoms with Gasteiger partial charge in [-0.15, -0.1) is 5.10 Å². The van der Waals surface area contributed by atoms with Crippen LogP contribution < -0.4 is 11.0 Å². The second-order valence-corrected chi connectivity index (χ2v) is 7.77. The summed E-state index contributed by atoms with van der Waals surface area (Å²) in [6, 6.07) is 7.90. The molecular formula is C19H28N4O2S. The Labute approximate surface area is 158 Å². The van der Waals surface area contributed by atoms with E-state index in [1.807, 2.05) is 25.1 Å². The minimum absolute atomic E-state index is 0.0942. The highest BCUT2D eigenvalue weighted by Crippen LogP contribution is 2.28. The Morgan fingerprint density at radius 3 is 2.73 bits per heavy atom. The first kappa shape index (κ1) is 20.3. The maximum Gasteiger partial charge on any atom is 0.343 e. The summed E-state index contributed by atoms with van der Waals surface area (Å²) < 4.78 is 1.60. The zero-order valence-corrected chi connectivity index (χ0v) is 16.7. The number of unbranched alkanes of at least 4 members (excludes halogenated alkanes) is 1. The van der Waals surface area contributed by atoms with Crippen LogP contribution in [0, 0.1) is 0 Å². The third kappa shape index (κ3) is 5.00. The van der Waals surface area contributed by atoms with Crippen LogP contribution >= 0.6 is 11.8 Å². The fourth-order valence-corrected chi connectivity index (χ4v) is 3.50. The Balaban J connectivity index is 2.09. The van der Waals surface area contributed by atoms with E-state index in [-0.39, 0.29) is 16.8 Å². The Hall–Kier alpha value is -2.02. The second kappa shape index (κ2) is 9.62. The van der Waals surface area contributed by atoms with Crippen LogP contribution in [0.4, 0.5) is 5.69 Å². The van der Waals surface area contributed by atoms with Crippen LogP contribution in [0.3, 0.4) is 0 Å². The van der Waals surface area contributed by atoms with Gasteiger partial charge in [-0.3, -0.25) is 9.36 Å². The SMILES string of the molecule is CCCCn1c(SC(C)C(=O)Nc2ccccc2C(C)CC)n[nH]c1=O. The van der Waals surface area contributed by atoms with Gasteiger partial charge in [0.05, 0.1) is 5.25 Å². The van der Waals surface area contributed by atoms with Crippen molar-refractivity contribution in [3.05, 3.63) is 40.3 Å². The van der Waals surface area contributed by atoms with Crippen molar-refractivity contribution < 1.29 is 4.79 Å². The number of benzene rings is 1. The molecule has 2 aromatic rings. The molecule has 0 aliphatic rings. The smallest absolute Gasteiger partial charge is 0.325 e. The number of nitrogens with zero attached hydrogens (tertiary/aromatic N) is 2. The lowest BCUT2D eigenvalue weighted by Gasteiger charge is -2.17. The number of rotatable bonds is 9. The predicted molar refractivity (Wildman–Crippen MR) is 107 cm³/mol. The van der Waals surface area contributed by atoms with Crippen molar-refractivity contribution in [3.8, 4) is 0 Å². The van der Waals surface area contributed by atoms with Gasteiger partial charge in [0.25, 0.3) is 0 Å². The number of amides is 1. The summed E-state index contributed by atoms with van der Waals surface area (Å²) in [7, 11) is 0. The number of aromatic amines is 1. The van der Waals surface area contributed by atoms with Gasteiger partial charge < -0.3 is 5.32 Å². The molecule has 1 amide bonds. The van der Waals surface area contributed by atoms with Crippen molar-refractivity contribution in [2.75, 3.05) is 5.32 Å². The molecule has 0 spiro atoms. The molecule has 26 heavy (non-hydrogen) atoms. The number of anilines is 1. The van der Waals surface area contributed by atoms with Gasteiger partial charge in [-0.2, -0.15) is 0 Å². The first-order valence-corrected chi connectivity index (χ1v) is 10.1. The van der Waals surface area contributed by atoms with Crippen molar-refractivity contribution >= 4 is 23.4 Å². The third-order valence-corrected chi connectivity index (χ3v) is 5.56. The molecule has 0 saturated carbocycles. The first-order valence-electron chi connectivity index (χ1n) is 9.19. The van der Waals surface area contributed by atoms with Gasteiger partial charge in [-0.05, 0) is 37.3 Å². The van der Waals surface area contributed by atoms with E-state index in [2.05, 4.69) is 42.4 Å². The fourth-order valence-electron chi connectivity index (χ4n) is 2.61. The van der Waals surface area contributed by atoms with E-state index in [1.54, 1.807) is 4.57 Å². The van der Waals surface area contributed by atoms with E-state index in [1.165, 1.54) is 11.8 Å². The standard InChI is InChI=1S/C19H28N4O2S/c1-5-7-12-23-18(25)21-22-19(23)26-14(4)17(24)20-16-11-9-8-10-15(16)13(3)6-2/h8-11,13-14H,5-7,12H2,1-4H3,(H,20,24)(H,21,25).